The molecule has 2 heterocycles. The topological polar surface area (TPSA) is 44.8 Å². The van der Waals surface area contributed by atoms with Gasteiger partial charge in [-0.1, -0.05) is 0 Å². The number of nitrogens with zero attached hydrogens (tertiary/aromatic N) is 2. The summed E-state index contributed by atoms with van der Waals surface area (Å²) in [6.45, 7) is 1.90. The van der Waals surface area contributed by atoms with Crippen molar-refractivity contribution in [3.8, 4) is 0 Å². The van der Waals surface area contributed by atoms with Crippen molar-refractivity contribution in [1.29, 1.82) is 0 Å². The molecule has 1 saturated heterocycles. The van der Waals surface area contributed by atoms with Crippen molar-refractivity contribution < 1.29 is 9.63 Å². The van der Waals surface area contributed by atoms with Gasteiger partial charge in [-0.25, -0.2) is 14.6 Å². The van der Waals surface area contributed by atoms with Crippen LogP contribution < -0.4 is 5.32 Å². The number of hydrazine groups is 1. The van der Waals surface area contributed by atoms with E-state index < -0.39 is 0 Å². The highest BCUT2D eigenvalue weighted by Gasteiger charge is 2.25. The lowest BCUT2D eigenvalue weighted by atomic mass is 10.7. The van der Waals surface area contributed by atoms with Gasteiger partial charge in [0.2, 0.25) is 0 Å². The van der Waals surface area contributed by atoms with Crippen molar-refractivity contribution in [1.82, 2.24) is 15.5 Å². The van der Waals surface area contributed by atoms with E-state index in [1.165, 1.54) is 10.2 Å². The average Bonchev–Trinajstić information content (AvgIpc) is 2.55. The van der Waals surface area contributed by atoms with E-state index in [-0.39, 0.29) is 6.03 Å². The minimum Gasteiger partial charge on any atom is -0.335 e. The van der Waals surface area contributed by atoms with Crippen LogP contribution in [0.25, 0.3) is 0 Å². The summed E-state index contributed by atoms with van der Waals surface area (Å²) in [6.07, 6.45) is 3.59. The Morgan fingerprint density at radius 2 is 2.55 bits per heavy atom. The van der Waals surface area contributed by atoms with E-state index >= 15 is 0 Å². The Labute approximate surface area is 64.1 Å². The van der Waals surface area contributed by atoms with Gasteiger partial charge in [0.15, 0.2) is 0 Å². The van der Waals surface area contributed by atoms with E-state index in [2.05, 4.69) is 5.32 Å². The summed E-state index contributed by atoms with van der Waals surface area (Å²) >= 11 is 0. The summed E-state index contributed by atoms with van der Waals surface area (Å²) in [5.41, 5.74) is 0. The largest absolute Gasteiger partial charge is 0.338 e. The maximum atomic E-state index is 11.0. The predicted molar refractivity (Wildman–Crippen MR) is 37.0 cm³/mol. The van der Waals surface area contributed by atoms with Gasteiger partial charge in [0, 0.05) is 6.54 Å². The number of hydrogen-bond donors (Lipinski definition) is 1. The molecule has 0 unspecified atom stereocenters. The molecule has 0 aromatic carbocycles. The number of carbonyl (C=O) groups is 1. The first-order valence-corrected chi connectivity index (χ1v) is 3.52. The van der Waals surface area contributed by atoms with E-state index in [0.29, 0.717) is 19.7 Å². The van der Waals surface area contributed by atoms with Crippen molar-refractivity contribution >= 4 is 6.03 Å². The Hall–Kier alpha value is -1.23. The average molecular weight is 155 g/mol. The molecule has 5 heteroatoms. The van der Waals surface area contributed by atoms with Gasteiger partial charge in [-0.2, -0.15) is 5.17 Å². The lowest BCUT2D eigenvalue weighted by molar-refractivity contribution is -0.199. The monoisotopic (exact) mass is 155 g/mol. The first kappa shape index (κ1) is 6.48. The van der Waals surface area contributed by atoms with E-state index in [1.807, 2.05) is 6.08 Å². The second-order valence-electron chi connectivity index (χ2n) is 2.34. The fourth-order valence-electron chi connectivity index (χ4n) is 1.10. The van der Waals surface area contributed by atoms with Crippen LogP contribution in [0, 0.1) is 0 Å². The van der Waals surface area contributed by atoms with Gasteiger partial charge in [0.25, 0.3) is 0 Å². The number of hydroxylamine groups is 1. The normalized spacial score (nSPS) is 23.1. The Morgan fingerprint density at radius 1 is 1.64 bits per heavy atom. The lowest BCUT2D eigenvalue weighted by Gasteiger charge is -2.23. The molecule has 0 atom stereocenters. The lowest BCUT2D eigenvalue weighted by Crippen LogP contribution is -2.39. The third kappa shape index (κ3) is 1.03. The molecule has 0 aromatic heterocycles. The van der Waals surface area contributed by atoms with Gasteiger partial charge in [-0.3, -0.25) is 0 Å². The second-order valence-corrected chi connectivity index (χ2v) is 2.34. The van der Waals surface area contributed by atoms with Crippen molar-refractivity contribution in [3.63, 3.8) is 0 Å². The molecule has 0 aromatic rings. The van der Waals surface area contributed by atoms with Gasteiger partial charge >= 0.3 is 6.03 Å². The van der Waals surface area contributed by atoms with Crippen molar-refractivity contribution in [2.45, 2.75) is 0 Å². The van der Waals surface area contributed by atoms with Crippen LogP contribution in [0.3, 0.4) is 0 Å². The molecule has 5 nitrogen and oxygen atoms in total. The number of nitrogens with one attached hydrogen (secondary N) is 1. The molecule has 2 aliphatic rings. The van der Waals surface area contributed by atoms with Gasteiger partial charge < -0.3 is 5.32 Å². The quantitative estimate of drug-likeness (QED) is 0.564. The summed E-state index contributed by atoms with van der Waals surface area (Å²) in [5.74, 6) is 0. The fraction of sp³-hybridized carbons (Fsp3) is 0.500. The van der Waals surface area contributed by atoms with E-state index in [1.54, 1.807) is 6.20 Å². The van der Waals surface area contributed by atoms with Crippen LogP contribution in [0.4, 0.5) is 4.79 Å². The van der Waals surface area contributed by atoms with Crippen LogP contribution in [0.2, 0.25) is 0 Å². The summed E-state index contributed by atoms with van der Waals surface area (Å²) in [6, 6.07) is -0.100. The fourth-order valence-corrected chi connectivity index (χ4v) is 1.10. The molecule has 1 fully saturated rings. The molecule has 0 spiro atoms. The molecule has 0 saturated carbocycles. The number of urea groups is 1. The highest BCUT2D eigenvalue weighted by molar-refractivity contribution is 5.75. The van der Waals surface area contributed by atoms with Crippen LogP contribution in [-0.4, -0.2) is 35.9 Å². The minimum absolute atomic E-state index is 0.100. The van der Waals surface area contributed by atoms with Gasteiger partial charge in [0.1, 0.15) is 0 Å². The smallest absolute Gasteiger partial charge is 0.335 e. The zero-order valence-corrected chi connectivity index (χ0v) is 5.99. The van der Waals surface area contributed by atoms with E-state index in [9.17, 15) is 4.79 Å². The van der Waals surface area contributed by atoms with Crippen LogP contribution >= 0.6 is 0 Å². The Kier molecular flexibility index (Phi) is 1.43. The maximum absolute atomic E-state index is 11.0. The Balaban J connectivity index is 2.03. The van der Waals surface area contributed by atoms with Gasteiger partial charge in [-0.05, 0) is 6.08 Å². The first-order valence-electron chi connectivity index (χ1n) is 3.52. The SMILES string of the molecule is O=C1NCCN1N1C=CCO1. The van der Waals surface area contributed by atoms with Crippen molar-refractivity contribution in [3.05, 3.63) is 12.3 Å². The Bertz CT molecular complexity index is 204. The molecular weight excluding hydrogens is 146 g/mol. The molecule has 1 N–H and O–H groups in total. The van der Waals surface area contributed by atoms with Gasteiger partial charge in [0.05, 0.1) is 19.4 Å². The van der Waals surface area contributed by atoms with Gasteiger partial charge in [-0.15, -0.1) is 0 Å². The Morgan fingerprint density at radius 3 is 3.09 bits per heavy atom. The maximum Gasteiger partial charge on any atom is 0.338 e. The summed E-state index contributed by atoms with van der Waals surface area (Å²) < 4.78 is 0. The molecular formula is C6H9N3O2. The molecule has 0 aliphatic carbocycles. The summed E-state index contributed by atoms with van der Waals surface area (Å²) in [4.78, 5) is 16.1. The van der Waals surface area contributed by atoms with Crippen LogP contribution in [0.15, 0.2) is 12.3 Å². The molecule has 2 aliphatic heterocycles. The number of hydrogen-bond acceptors (Lipinski definition) is 3. The van der Waals surface area contributed by atoms with Crippen LogP contribution in [0.1, 0.15) is 0 Å². The zero-order chi connectivity index (χ0) is 7.68. The third-order valence-electron chi connectivity index (χ3n) is 1.61. The highest BCUT2D eigenvalue weighted by Crippen LogP contribution is 2.08. The molecule has 60 valence electrons. The number of amides is 2. The summed E-state index contributed by atoms with van der Waals surface area (Å²) in [7, 11) is 0. The standard InChI is InChI=1S/C6H9N3O2/c10-6-7-2-4-8(6)9-3-1-5-11-9/h1,3H,2,4-5H2,(H,7,10). The summed E-state index contributed by atoms with van der Waals surface area (Å²) in [5, 5.41) is 5.66. The van der Waals surface area contributed by atoms with Crippen LogP contribution in [0.5, 0.6) is 0 Å². The molecule has 0 radical (unpaired) electrons. The molecule has 0 bridgehead atoms. The first-order chi connectivity index (χ1) is 5.38. The van der Waals surface area contributed by atoms with E-state index in [4.69, 9.17) is 4.84 Å². The molecule has 2 rings (SSSR count). The molecule has 2 amide bonds. The van der Waals surface area contributed by atoms with Crippen LogP contribution in [-0.2, 0) is 4.84 Å². The number of rotatable bonds is 1. The second kappa shape index (κ2) is 2.43. The highest BCUT2D eigenvalue weighted by atomic mass is 16.7. The molecule has 11 heavy (non-hydrogen) atoms. The minimum atomic E-state index is -0.100. The van der Waals surface area contributed by atoms with Crippen molar-refractivity contribution in [2.24, 2.45) is 0 Å². The van der Waals surface area contributed by atoms with Crippen molar-refractivity contribution in [2.75, 3.05) is 19.7 Å². The predicted octanol–water partition coefficient (Wildman–Crippen LogP) is -0.312. The number of carbonyl (C=O) groups excluding carboxylic acids is 1. The third-order valence-corrected chi connectivity index (χ3v) is 1.61. The zero-order valence-electron chi connectivity index (χ0n) is 5.99. The van der Waals surface area contributed by atoms with E-state index in [0.717, 1.165) is 0 Å².